The lowest BCUT2D eigenvalue weighted by Gasteiger charge is -2.32. The van der Waals surface area contributed by atoms with Crippen LogP contribution in [0.2, 0.25) is 0 Å². The fourth-order valence-corrected chi connectivity index (χ4v) is 2.76. The summed E-state index contributed by atoms with van der Waals surface area (Å²) in [6, 6.07) is 6.44. The van der Waals surface area contributed by atoms with Crippen molar-refractivity contribution >= 4 is 0 Å². The quantitative estimate of drug-likeness (QED) is 0.898. The van der Waals surface area contributed by atoms with Crippen LogP contribution in [0.25, 0.3) is 0 Å². The average molecular weight is 265 g/mol. The maximum Gasteiger partial charge on any atom is 0.123 e. The standard InChI is InChI=1S/C16H24FNO/c1-11-6-8-15(9-7-11)19-16(12(2)18)13-4-3-5-14(17)10-13/h3-5,10-12,15-16H,6-9,18H2,1-2H3. The Labute approximate surface area is 115 Å². The summed E-state index contributed by atoms with van der Waals surface area (Å²) in [6.07, 6.45) is 4.63. The van der Waals surface area contributed by atoms with E-state index in [4.69, 9.17) is 10.5 Å². The largest absolute Gasteiger partial charge is 0.369 e. The Kier molecular flexibility index (Phi) is 4.94. The molecule has 2 N–H and O–H groups in total. The van der Waals surface area contributed by atoms with Gasteiger partial charge in [0.15, 0.2) is 0 Å². The van der Waals surface area contributed by atoms with Gasteiger partial charge in [-0.2, -0.15) is 0 Å². The SMILES string of the molecule is CC1CCC(OC(c2cccc(F)c2)C(C)N)CC1. The second kappa shape index (κ2) is 6.49. The fraction of sp³-hybridized carbons (Fsp3) is 0.625. The molecule has 1 aliphatic rings. The summed E-state index contributed by atoms with van der Waals surface area (Å²) in [6.45, 7) is 4.20. The van der Waals surface area contributed by atoms with Crippen molar-refractivity contribution in [1.29, 1.82) is 0 Å². The first-order chi connectivity index (χ1) is 9.06. The van der Waals surface area contributed by atoms with E-state index in [2.05, 4.69) is 6.92 Å². The van der Waals surface area contributed by atoms with Crippen molar-refractivity contribution in [3.05, 3.63) is 35.6 Å². The first-order valence-corrected chi connectivity index (χ1v) is 7.22. The van der Waals surface area contributed by atoms with Gasteiger partial charge >= 0.3 is 0 Å². The zero-order valence-corrected chi connectivity index (χ0v) is 11.8. The van der Waals surface area contributed by atoms with E-state index in [-0.39, 0.29) is 24.1 Å². The minimum atomic E-state index is -0.232. The molecule has 0 radical (unpaired) electrons. The molecular weight excluding hydrogens is 241 g/mol. The molecule has 1 fully saturated rings. The highest BCUT2D eigenvalue weighted by Gasteiger charge is 2.25. The van der Waals surface area contributed by atoms with E-state index >= 15 is 0 Å². The molecule has 0 aliphatic heterocycles. The van der Waals surface area contributed by atoms with Crippen molar-refractivity contribution in [2.75, 3.05) is 0 Å². The molecule has 1 aromatic rings. The second-order valence-corrected chi connectivity index (χ2v) is 5.85. The number of ether oxygens (including phenoxy) is 1. The molecule has 106 valence electrons. The smallest absolute Gasteiger partial charge is 0.123 e. The van der Waals surface area contributed by atoms with Gasteiger partial charge in [0.05, 0.1) is 12.2 Å². The average Bonchev–Trinajstić information content (AvgIpc) is 2.37. The molecule has 1 aromatic carbocycles. The van der Waals surface area contributed by atoms with E-state index in [1.807, 2.05) is 13.0 Å². The van der Waals surface area contributed by atoms with E-state index in [0.717, 1.165) is 24.3 Å². The Hall–Kier alpha value is -0.930. The summed E-state index contributed by atoms with van der Waals surface area (Å²) in [7, 11) is 0. The van der Waals surface area contributed by atoms with Gasteiger partial charge in [0.2, 0.25) is 0 Å². The highest BCUT2D eigenvalue weighted by Crippen LogP contribution is 2.31. The highest BCUT2D eigenvalue weighted by atomic mass is 19.1. The molecule has 19 heavy (non-hydrogen) atoms. The Balaban J connectivity index is 2.04. The van der Waals surface area contributed by atoms with Crippen LogP contribution in [0.15, 0.2) is 24.3 Å². The molecule has 0 spiro atoms. The van der Waals surface area contributed by atoms with Crippen LogP contribution in [0.5, 0.6) is 0 Å². The number of rotatable bonds is 4. The van der Waals surface area contributed by atoms with Crippen molar-refractivity contribution < 1.29 is 9.13 Å². The lowest BCUT2D eigenvalue weighted by molar-refractivity contribution is -0.0460. The molecule has 2 nitrogen and oxygen atoms in total. The van der Waals surface area contributed by atoms with E-state index < -0.39 is 0 Å². The Morgan fingerprint density at radius 3 is 2.53 bits per heavy atom. The minimum absolute atomic E-state index is 0.138. The molecule has 2 rings (SSSR count). The van der Waals surface area contributed by atoms with Gasteiger partial charge in [0.25, 0.3) is 0 Å². The summed E-state index contributed by atoms with van der Waals surface area (Å²) in [5, 5.41) is 0. The first-order valence-electron chi connectivity index (χ1n) is 7.22. The maximum atomic E-state index is 13.3. The van der Waals surface area contributed by atoms with Crippen LogP contribution in [0.1, 0.15) is 51.2 Å². The van der Waals surface area contributed by atoms with Crippen LogP contribution in [0.3, 0.4) is 0 Å². The van der Waals surface area contributed by atoms with E-state index in [1.165, 1.54) is 25.0 Å². The minimum Gasteiger partial charge on any atom is -0.369 e. The van der Waals surface area contributed by atoms with Gasteiger partial charge in [-0.15, -0.1) is 0 Å². The zero-order valence-electron chi connectivity index (χ0n) is 11.8. The lowest BCUT2D eigenvalue weighted by Crippen LogP contribution is -2.32. The summed E-state index contributed by atoms with van der Waals surface area (Å²) in [5.41, 5.74) is 6.86. The molecule has 2 atom stereocenters. The van der Waals surface area contributed by atoms with E-state index in [1.54, 1.807) is 6.07 Å². The normalized spacial score (nSPS) is 26.9. The monoisotopic (exact) mass is 265 g/mol. The molecule has 1 saturated carbocycles. The number of nitrogens with two attached hydrogens (primary N) is 1. The van der Waals surface area contributed by atoms with Gasteiger partial charge in [-0.3, -0.25) is 0 Å². The topological polar surface area (TPSA) is 35.2 Å². The highest BCUT2D eigenvalue weighted by molar-refractivity contribution is 5.20. The third-order valence-corrected chi connectivity index (χ3v) is 3.96. The van der Waals surface area contributed by atoms with Crippen LogP contribution >= 0.6 is 0 Å². The van der Waals surface area contributed by atoms with Gasteiger partial charge in [0.1, 0.15) is 5.82 Å². The Morgan fingerprint density at radius 2 is 1.95 bits per heavy atom. The van der Waals surface area contributed by atoms with Gasteiger partial charge < -0.3 is 10.5 Å². The van der Waals surface area contributed by atoms with Crippen molar-refractivity contribution in [1.82, 2.24) is 0 Å². The number of benzene rings is 1. The first kappa shape index (κ1) is 14.5. The van der Waals surface area contributed by atoms with Gasteiger partial charge in [-0.05, 0) is 56.2 Å². The molecule has 3 heteroatoms. The Bertz CT molecular complexity index is 399. The van der Waals surface area contributed by atoms with E-state index in [9.17, 15) is 4.39 Å². The fourth-order valence-electron chi connectivity index (χ4n) is 2.76. The van der Waals surface area contributed by atoms with Crippen molar-refractivity contribution in [2.24, 2.45) is 11.7 Å². The van der Waals surface area contributed by atoms with Crippen LogP contribution in [0, 0.1) is 11.7 Å². The molecule has 0 aromatic heterocycles. The van der Waals surface area contributed by atoms with Crippen molar-refractivity contribution in [3.63, 3.8) is 0 Å². The van der Waals surface area contributed by atoms with Crippen LogP contribution in [0.4, 0.5) is 4.39 Å². The summed E-state index contributed by atoms with van der Waals surface area (Å²) in [4.78, 5) is 0. The molecule has 0 heterocycles. The zero-order chi connectivity index (χ0) is 13.8. The molecule has 2 unspecified atom stereocenters. The number of hydrogen-bond donors (Lipinski definition) is 1. The van der Waals surface area contributed by atoms with Gasteiger partial charge in [0, 0.05) is 6.04 Å². The third-order valence-electron chi connectivity index (χ3n) is 3.96. The third kappa shape index (κ3) is 4.02. The maximum absolute atomic E-state index is 13.3. The Morgan fingerprint density at radius 1 is 1.26 bits per heavy atom. The van der Waals surface area contributed by atoms with Crippen molar-refractivity contribution in [3.8, 4) is 0 Å². The predicted molar refractivity (Wildman–Crippen MR) is 75.3 cm³/mol. The number of halogens is 1. The van der Waals surface area contributed by atoms with Gasteiger partial charge in [-0.25, -0.2) is 4.39 Å². The molecule has 0 amide bonds. The molecular formula is C16H24FNO. The summed E-state index contributed by atoms with van der Waals surface area (Å²) >= 11 is 0. The van der Waals surface area contributed by atoms with Crippen LogP contribution in [-0.4, -0.2) is 12.1 Å². The lowest BCUT2D eigenvalue weighted by atomic mass is 9.88. The van der Waals surface area contributed by atoms with E-state index in [0.29, 0.717) is 0 Å². The van der Waals surface area contributed by atoms with Gasteiger partial charge in [-0.1, -0.05) is 19.1 Å². The second-order valence-electron chi connectivity index (χ2n) is 5.85. The van der Waals surface area contributed by atoms with Crippen LogP contribution in [-0.2, 0) is 4.74 Å². The summed E-state index contributed by atoms with van der Waals surface area (Å²) < 4.78 is 19.5. The van der Waals surface area contributed by atoms with Crippen molar-refractivity contribution in [2.45, 2.75) is 57.8 Å². The van der Waals surface area contributed by atoms with Crippen LogP contribution < -0.4 is 5.73 Å². The molecule has 0 saturated heterocycles. The number of hydrogen-bond acceptors (Lipinski definition) is 2. The summed E-state index contributed by atoms with van der Waals surface area (Å²) in [5.74, 6) is 0.562. The predicted octanol–water partition coefficient (Wildman–Crippen LogP) is 3.81. The molecule has 0 bridgehead atoms. The molecule has 1 aliphatic carbocycles.